The fourth-order valence-electron chi connectivity index (χ4n) is 2.27. The van der Waals surface area contributed by atoms with Crippen LogP contribution < -0.4 is 5.32 Å². The van der Waals surface area contributed by atoms with Crippen molar-refractivity contribution < 1.29 is 9.90 Å². The van der Waals surface area contributed by atoms with E-state index in [-0.39, 0.29) is 12.5 Å². The van der Waals surface area contributed by atoms with Crippen molar-refractivity contribution in [3.63, 3.8) is 0 Å². The average molecular weight is 299 g/mol. The second-order valence-corrected chi connectivity index (χ2v) is 5.48. The minimum absolute atomic E-state index is 0.0682. The minimum atomic E-state index is -1.20. The molecule has 3 N–H and O–H groups in total. The molecule has 114 valence electrons. The van der Waals surface area contributed by atoms with Crippen molar-refractivity contribution in [2.75, 3.05) is 6.54 Å². The molecule has 0 aliphatic rings. The van der Waals surface area contributed by atoms with Gasteiger partial charge in [-0.1, -0.05) is 18.2 Å². The van der Waals surface area contributed by atoms with E-state index in [1.807, 2.05) is 24.3 Å². The molecule has 0 saturated carbocycles. The van der Waals surface area contributed by atoms with Crippen molar-refractivity contribution in [2.24, 2.45) is 7.05 Å². The molecule has 7 nitrogen and oxygen atoms in total. The van der Waals surface area contributed by atoms with Gasteiger partial charge < -0.3 is 10.4 Å². The molecule has 0 radical (unpaired) electrons. The van der Waals surface area contributed by atoms with Crippen LogP contribution in [-0.2, 0) is 12.6 Å². The fraction of sp³-hybridized carbons (Fsp3) is 0.267. The van der Waals surface area contributed by atoms with E-state index in [2.05, 4.69) is 20.6 Å². The average Bonchev–Trinajstić information content (AvgIpc) is 3.11. The van der Waals surface area contributed by atoms with Crippen LogP contribution in [0.4, 0.5) is 0 Å². The molecule has 1 atom stereocenters. The highest BCUT2D eigenvalue weighted by atomic mass is 16.3. The molecule has 0 bridgehead atoms. The Morgan fingerprint density at radius 2 is 2.23 bits per heavy atom. The van der Waals surface area contributed by atoms with Gasteiger partial charge in [-0.15, -0.1) is 0 Å². The van der Waals surface area contributed by atoms with Crippen LogP contribution in [-0.4, -0.2) is 37.5 Å². The Balaban J connectivity index is 1.75. The predicted octanol–water partition coefficient (Wildman–Crippen LogP) is 0.934. The highest BCUT2D eigenvalue weighted by molar-refractivity contribution is 6.04. The lowest BCUT2D eigenvalue weighted by Gasteiger charge is -2.22. The summed E-state index contributed by atoms with van der Waals surface area (Å²) in [4.78, 5) is 12.3. The minimum Gasteiger partial charge on any atom is -0.383 e. The lowest BCUT2D eigenvalue weighted by molar-refractivity contribution is 0.0525. The SMILES string of the molecule is Cn1cc(C(C)(O)CNC(=O)c2n[nH]c3ccccc23)cn1. The third kappa shape index (κ3) is 2.58. The number of nitrogens with one attached hydrogen (secondary N) is 2. The summed E-state index contributed by atoms with van der Waals surface area (Å²) in [5, 5.41) is 24.8. The number of hydrogen-bond donors (Lipinski definition) is 3. The van der Waals surface area contributed by atoms with E-state index in [1.54, 1.807) is 31.0 Å². The summed E-state index contributed by atoms with van der Waals surface area (Å²) in [6.07, 6.45) is 3.30. The van der Waals surface area contributed by atoms with Gasteiger partial charge in [0, 0.05) is 24.2 Å². The standard InChI is InChI=1S/C15H17N5O2/c1-15(22,10-7-17-20(2)8-10)9-16-14(21)13-11-5-3-4-6-12(11)18-19-13/h3-8,22H,9H2,1-2H3,(H,16,21)(H,18,19). The van der Waals surface area contributed by atoms with E-state index >= 15 is 0 Å². The van der Waals surface area contributed by atoms with E-state index in [1.165, 1.54) is 0 Å². The highest BCUT2D eigenvalue weighted by Gasteiger charge is 2.26. The molecule has 3 aromatic rings. The third-order valence-corrected chi connectivity index (χ3v) is 3.61. The first-order chi connectivity index (χ1) is 10.5. The molecule has 2 heterocycles. The van der Waals surface area contributed by atoms with Crippen LogP contribution in [0.2, 0.25) is 0 Å². The number of rotatable bonds is 4. The Morgan fingerprint density at radius 1 is 1.45 bits per heavy atom. The normalized spacial score (nSPS) is 14.0. The van der Waals surface area contributed by atoms with Gasteiger partial charge in [0.25, 0.3) is 5.91 Å². The number of aromatic nitrogens is 4. The summed E-state index contributed by atoms with van der Waals surface area (Å²) >= 11 is 0. The van der Waals surface area contributed by atoms with Gasteiger partial charge in [-0.05, 0) is 13.0 Å². The monoisotopic (exact) mass is 299 g/mol. The quantitative estimate of drug-likeness (QED) is 0.668. The molecule has 1 amide bonds. The molecular weight excluding hydrogens is 282 g/mol. The van der Waals surface area contributed by atoms with Crippen LogP contribution in [0, 0.1) is 0 Å². The van der Waals surface area contributed by atoms with E-state index in [0.29, 0.717) is 11.3 Å². The van der Waals surface area contributed by atoms with Crippen LogP contribution in [0.15, 0.2) is 36.7 Å². The second-order valence-electron chi connectivity index (χ2n) is 5.48. The van der Waals surface area contributed by atoms with Crippen molar-refractivity contribution in [2.45, 2.75) is 12.5 Å². The van der Waals surface area contributed by atoms with E-state index in [9.17, 15) is 9.90 Å². The zero-order valence-corrected chi connectivity index (χ0v) is 12.4. The van der Waals surface area contributed by atoms with Crippen molar-refractivity contribution in [3.8, 4) is 0 Å². The van der Waals surface area contributed by atoms with Gasteiger partial charge in [0.05, 0.1) is 18.3 Å². The number of hydrogen-bond acceptors (Lipinski definition) is 4. The largest absolute Gasteiger partial charge is 0.383 e. The third-order valence-electron chi connectivity index (χ3n) is 3.61. The van der Waals surface area contributed by atoms with Gasteiger partial charge in [0.2, 0.25) is 0 Å². The number of fused-ring (bicyclic) bond motifs is 1. The van der Waals surface area contributed by atoms with Crippen LogP contribution in [0.5, 0.6) is 0 Å². The maximum Gasteiger partial charge on any atom is 0.272 e. The molecule has 2 aromatic heterocycles. The summed E-state index contributed by atoms with van der Waals surface area (Å²) in [5.74, 6) is -0.332. The number of aromatic amines is 1. The molecule has 0 fully saturated rings. The molecule has 3 rings (SSSR count). The van der Waals surface area contributed by atoms with Gasteiger partial charge in [0.1, 0.15) is 5.60 Å². The smallest absolute Gasteiger partial charge is 0.272 e. The Hall–Kier alpha value is -2.67. The first kappa shape index (κ1) is 14.3. The van der Waals surface area contributed by atoms with Crippen LogP contribution in [0.25, 0.3) is 10.9 Å². The Morgan fingerprint density at radius 3 is 2.95 bits per heavy atom. The van der Waals surface area contributed by atoms with Crippen molar-refractivity contribution in [1.82, 2.24) is 25.3 Å². The van der Waals surface area contributed by atoms with Gasteiger partial charge in [-0.2, -0.15) is 10.2 Å². The number of aliphatic hydroxyl groups is 1. The van der Waals surface area contributed by atoms with Crippen molar-refractivity contribution in [1.29, 1.82) is 0 Å². The Kier molecular flexibility index (Phi) is 3.42. The Labute approximate surface area is 127 Å². The molecular formula is C15H17N5O2. The Bertz CT molecular complexity index is 818. The first-order valence-electron chi connectivity index (χ1n) is 6.90. The fourth-order valence-corrected chi connectivity index (χ4v) is 2.27. The molecule has 0 saturated heterocycles. The number of carbonyl (C=O) groups is 1. The van der Waals surface area contributed by atoms with Gasteiger partial charge in [0.15, 0.2) is 5.69 Å². The summed E-state index contributed by atoms with van der Waals surface area (Å²) < 4.78 is 1.60. The van der Waals surface area contributed by atoms with Crippen LogP contribution in [0.1, 0.15) is 23.0 Å². The predicted molar refractivity (Wildman–Crippen MR) is 81.2 cm³/mol. The second kappa shape index (κ2) is 5.27. The molecule has 0 aliphatic heterocycles. The molecule has 0 aliphatic carbocycles. The zero-order chi connectivity index (χ0) is 15.7. The number of aryl methyl sites for hydroxylation is 1. The zero-order valence-electron chi connectivity index (χ0n) is 12.4. The summed E-state index contributed by atoms with van der Waals surface area (Å²) in [6.45, 7) is 1.70. The van der Waals surface area contributed by atoms with E-state index in [4.69, 9.17) is 0 Å². The molecule has 22 heavy (non-hydrogen) atoms. The summed E-state index contributed by atoms with van der Waals surface area (Å²) in [6, 6.07) is 7.40. The van der Waals surface area contributed by atoms with Crippen LogP contribution in [0.3, 0.4) is 0 Å². The van der Waals surface area contributed by atoms with Crippen molar-refractivity contribution >= 4 is 16.8 Å². The summed E-state index contributed by atoms with van der Waals surface area (Å²) in [7, 11) is 1.77. The van der Waals surface area contributed by atoms with E-state index in [0.717, 1.165) is 10.9 Å². The van der Waals surface area contributed by atoms with Gasteiger partial charge in [-0.25, -0.2) is 0 Å². The number of benzene rings is 1. The number of H-pyrrole nitrogens is 1. The maximum absolute atomic E-state index is 12.3. The lowest BCUT2D eigenvalue weighted by Crippen LogP contribution is -2.38. The molecule has 0 spiro atoms. The molecule has 1 aromatic carbocycles. The number of amides is 1. The topological polar surface area (TPSA) is 95.8 Å². The highest BCUT2D eigenvalue weighted by Crippen LogP contribution is 2.19. The maximum atomic E-state index is 12.3. The number of nitrogens with zero attached hydrogens (tertiary/aromatic N) is 3. The number of para-hydroxylation sites is 1. The molecule has 7 heteroatoms. The van der Waals surface area contributed by atoms with Crippen LogP contribution >= 0.6 is 0 Å². The number of carbonyl (C=O) groups excluding carboxylic acids is 1. The van der Waals surface area contributed by atoms with Crippen molar-refractivity contribution in [3.05, 3.63) is 47.9 Å². The molecule has 1 unspecified atom stereocenters. The van der Waals surface area contributed by atoms with E-state index < -0.39 is 5.60 Å². The summed E-state index contributed by atoms with van der Waals surface area (Å²) in [5.41, 5.74) is 0.558. The van der Waals surface area contributed by atoms with Gasteiger partial charge >= 0.3 is 0 Å². The first-order valence-corrected chi connectivity index (χ1v) is 6.90. The lowest BCUT2D eigenvalue weighted by atomic mass is 9.99. The van der Waals surface area contributed by atoms with Gasteiger partial charge in [-0.3, -0.25) is 14.6 Å².